The molecule has 0 fully saturated rings. The Morgan fingerprint density at radius 2 is 2.50 bits per heavy atom. The minimum atomic E-state index is 0.0783. The van der Waals surface area contributed by atoms with Gasteiger partial charge in [0.1, 0.15) is 0 Å². The molecule has 0 aliphatic heterocycles. The maximum absolute atomic E-state index is 8.42. The van der Waals surface area contributed by atoms with Crippen LogP contribution in [0.5, 0.6) is 0 Å². The van der Waals surface area contributed by atoms with Crippen molar-refractivity contribution in [2.75, 3.05) is 0 Å². The van der Waals surface area contributed by atoms with Gasteiger partial charge in [0.05, 0.1) is 0 Å². The van der Waals surface area contributed by atoms with Crippen molar-refractivity contribution in [1.29, 1.82) is 0 Å². The second kappa shape index (κ2) is 3.85. The Balaban J connectivity index is 2.67. The standard InChI is InChI=1S/C7H8BNO/c10-8-4-3-7-2-1-5-9-6-7/h1-6,8,10H. The Labute approximate surface area is 60.5 Å². The average molecular weight is 133 g/mol. The van der Waals surface area contributed by atoms with Crippen molar-refractivity contribution >= 4 is 13.6 Å². The van der Waals surface area contributed by atoms with Crippen molar-refractivity contribution in [3.8, 4) is 0 Å². The first-order valence-corrected chi connectivity index (χ1v) is 3.11. The highest BCUT2D eigenvalue weighted by atomic mass is 16.2. The van der Waals surface area contributed by atoms with E-state index in [1.54, 1.807) is 18.4 Å². The molecule has 1 aromatic heterocycles. The second-order valence-corrected chi connectivity index (χ2v) is 1.87. The Morgan fingerprint density at radius 1 is 1.60 bits per heavy atom. The number of nitrogens with zero attached hydrogens (tertiary/aromatic N) is 1. The van der Waals surface area contributed by atoms with Crippen molar-refractivity contribution in [3.63, 3.8) is 0 Å². The van der Waals surface area contributed by atoms with Gasteiger partial charge in [0.25, 0.3) is 7.48 Å². The van der Waals surface area contributed by atoms with Crippen LogP contribution >= 0.6 is 0 Å². The lowest BCUT2D eigenvalue weighted by molar-refractivity contribution is 0.615. The third-order valence-electron chi connectivity index (χ3n) is 1.10. The van der Waals surface area contributed by atoms with E-state index in [9.17, 15) is 0 Å². The summed E-state index contributed by atoms with van der Waals surface area (Å²) in [4.78, 5) is 3.90. The predicted molar refractivity (Wildman–Crippen MR) is 42.6 cm³/mol. The zero-order valence-corrected chi connectivity index (χ0v) is 5.57. The second-order valence-electron chi connectivity index (χ2n) is 1.87. The predicted octanol–water partition coefficient (Wildman–Crippen LogP) is 0.396. The molecule has 0 spiro atoms. The zero-order valence-electron chi connectivity index (χ0n) is 5.57. The van der Waals surface area contributed by atoms with E-state index in [1.165, 1.54) is 0 Å². The molecule has 1 heterocycles. The van der Waals surface area contributed by atoms with Gasteiger partial charge in [0.2, 0.25) is 0 Å². The first-order valence-electron chi connectivity index (χ1n) is 3.11. The number of pyridine rings is 1. The van der Waals surface area contributed by atoms with E-state index in [1.807, 2.05) is 18.2 Å². The molecule has 0 aliphatic carbocycles. The molecular weight excluding hydrogens is 125 g/mol. The fraction of sp³-hybridized carbons (Fsp3) is 0. The molecule has 3 heteroatoms. The SMILES string of the molecule is OBC=Cc1cccnc1. The van der Waals surface area contributed by atoms with Crippen LogP contribution in [0.1, 0.15) is 5.56 Å². The highest BCUT2D eigenvalue weighted by molar-refractivity contribution is 6.33. The van der Waals surface area contributed by atoms with Crippen LogP contribution in [-0.2, 0) is 0 Å². The van der Waals surface area contributed by atoms with E-state index in [-0.39, 0.29) is 7.48 Å². The largest absolute Gasteiger partial charge is 0.450 e. The minimum absolute atomic E-state index is 0.0783. The summed E-state index contributed by atoms with van der Waals surface area (Å²) in [6, 6.07) is 3.79. The monoisotopic (exact) mass is 133 g/mol. The van der Waals surface area contributed by atoms with E-state index in [0.29, 0.717) is 0 Å². The molecule has 0 atom stereocenters. The zero-order chi connectivity index (χ0) is 7.23. The van der Waals surface area contributed by atoms with Crippen LogP contribution in [-0.4, -0.2) is 17.5 Å². The van der Waals surface area contributed by atoms with Gasteiger partial charge in [-0.1, -0.05) is 18.1 Å². The van der Waals surface area contributed by atoms with Gasteiger partial charge in [-0.25, -0.2) is 0 Å². The smallest absolute Gasteiger partial charge is 0.297 e. The van der Waals surface area contributed by atoms with Crippen LogP contribution in [0, 0.1) is 0 Å². The number of hydrogen-bond donors (Lipinski definition) is 1. The molecule has 1 aromatic rings. The minimum Gasteiger partial charge on any atom is -0.450 e. The van der Waals surface area contributed by atoms with Crippen molar-refractivity contribution < 1.29 is 5.02 Å². The summed E-state index contributed by atoms with van der Waals surface area (Å²) < 4.78 is 0. The Bertz CT molecular complexity index is 210. The average Bonchev–Trinajstić information content (AvgIpc) is 2.03. The summed E-state index contributed by atoms with van der Waals surface area (Å²) in [5.74, 6) is 1.68. The van der Waals surface area contributed by atoms with Crippen molar-refractivity contribution in [2.45, 2.75) is 0 Å². The first-order chi connectivity index (χ1) is 4.93. The molecule has 1 N–H and O–H groups in total. The molecule has 0 saturated carbocycles. The molecule has 2 nitrogen and oxygen atoms in total. The van der Waals surface area contributed by atoms with Crippen LogP contribution in [0.25, 0.3) is 6.08 Å². The van der Waals surface area contributed by atoms with E-state index >= 15 is 0 Å². The van der Waals surface area contributed by atoms with Crippen LogP contribution in [0.15, 0.2) is 30.5 Å². The molecule has 0 saturated heterocycles. The molecule has 0 radical (unpaired) electrons. The molecule has 0 aliphatic rings. The topological polar surface area (TPSA) is 33.1 Å². The summed E-state index contributed by atoms with van der Waals surface area (Å²) in [6.45, 7) is 0. The van der Waals surface area contributed by atoms with Crippen molar-refractivity contribution in [2.24, 2.45) is 0 Å². The normalized spacial score (nSPS) is 10.1. The van der Waals surface area contributed by atoms with Gasteiger partial charge < -0.3 is 5.02 Å². The van der Waals surface area contributed by atoms with Crippen LogP contribution in [0.2, 0.25) is 0 Å². The van der Waals surface area contributed by atoms with E-state index < -0.39 is 0 Å². The summed E-state index contributed by atoms with van der Waals surface area (Å²) in [7, 11) is 0.0783. The number of rotatable bonds is 2. The number of hydrogen-bond acceptors (Lipinski definition) is 2. The Hall–Kier alpha value is -1.09. The van der Waals surface area contributed by atoms with Crippen molar-refractivity contribution in [1.82, 2.24) is 4.98 Å². The lowest BCUT2D eigenvalue weighted by Crippen LogP contribution is -1.78. The van der Waals surface area contributed by atoms with Crippen LogP contribution < -0.4 is 0 Å². The molecular formula is C7H8BNO. The molecule has 10 heavy (non-hydrogen) atoms. The van der Waals surface area contributed by atoms with Gasteiger partial charge in [0.15, 0.2) is 0 Å². The van der Waals surface area contributed by atoms with Gasteiger partial charge in [-0.3, -0.25) is 4.98 Å². The molecule has 50 valence electrons. The molecule has 0 amide bonds. The quantitative estimate of drug-likeness (QED) is 0.592. The fourth-order valence-corrected chi connectivity index (χ4v) is 0.663. The molecule has 0 aromatic carbocycles. The highest BCUT2D eigenvalue weighted by Crippen LogP contribution is 1.96. The van der Waals surface area contributed by atoms with Gasteiger partial charge in [0, 0.05) is 12.4 Å². The van der Waals surface area contributed by atoms with Gasteiger partial charge in [-0.15, -0.1) is 0 Å². The first kappa shape index (κ1) is 7.03. The molecule has 0 unspecified atom stereocenters. The maximum atomic E-state index is 8.42. The number of aromatic nitrogens is 1. The van der Waals surface area contributed by atoms with Gasteiger partial charge in [-0.05, 0) is 11.6 Å². The summed E-state index contributed by atoms with van der Waals surface area (Å²) in [5.41, 5.74) is 1.01. The van der Waals surface area contributed by atoms with E-state index in [2.05, 4.69) is 4.98 Å². The summed E-state index contributed by atoms with van der Waals surface area (Å²) in [6.07, 6.45) is 5.29. The van der Waals surface area contributed by atoms with E-state index in [0.717, 1.165) is 5.56 Å². The van der Waals surface area contributed by atoms with Crippen LogP contribution in [0.3, 0.4) is 0 Å². The van der Waals surface area contributed by atoms with E-state index in [4.69, 9.17) is 5.02 Å². The van der Waals surface area contributed by atoms with Crippen molar-refractivity contribution in [3.05, 3.63) is 36.1 Å². The summed E-state index contributed by atoms with van der Waals surface area (Å²) >= 11 is 0. The lowest BCUT2D eigenvalue weighted by atomic mass is 10.0. The highest BCUT2D eigenvalue weighted by Gasteiger charge is 1.81. The maximum Gasteiger partial charge on any atom is 0.297 e. The van der Waals surface area contributed by atoms with Gasteiger partial charge >= 0.3 is 0 Å². The molecule has 1 rings (SSSR count). The third kappa shape index (κ3) is 2.03. The third-order valence-corrected chi connectivity index (χ3v) is 1.10. The Kier molecular flexibility index (Phi) is 2.71. The molecule has 0 bridgehead atoms. The fourth-order valence-electron chi connectivity index (χ4n) is 0.663. The Morgan fingerprint density at radius 3 is 3.10 bits per heavy atom. The summed E-state index contributed by atoms with van der Waals surface area (Å²) in [5, 5.41) is 8.42. The lowest BCUT2D eigenvalue weighted by Gasteiger charge is -1.87. The van der Waals surface area contributed by atoms with Gasteiger partial charge in [-0.2, -0.15) is 0 Å². The van der Waals surface area contributed by atoms with Crippen LogP contribution in [0.4, 0.5) is 0 Å².